The fourth-order valence-corrected chi connectivity index (χ4v) is 9.87. The lowest BCUT2D eigenvalue weighted by atomic mass is 9.34. The van der Waals surface area contributed by atoms with Crippen LogP contribution in [0.1, 0.15) is 78.6 Å². The fourth-order valence-electron chi connectivity index (χ4n) is 9.87. The third kappa shape index (κ3) is 3.26. The lowest BCUT2D eigenvalue weighted by Gasteiger charge is -2.76. The van der Waals surface area contributed by atoms with E-state index in [2.05, 4.69) is 32.7 Å². The number of amides is 2. The van der Waals surface area contributed by atoms with Crippen LogP contribution in [-0.2, 0) is 0 Å². The topological polar surface area (TPSA) is 174 Å². The van der Waals surface area contributed by atoms with Gasteiger partial charge in [0.25, 0.3) is 0 Å². The van der Waals surface area contributed by atoms with E-state index in [4.69, 9.17) is 22.9 Å². The van der Waals surface area contributed by atoms with Crippen LogP contribution >= 0.6 is 0 Å². The van der Waals surface area contributed by atoms with Gasteiger partial charge in [-0.3, -0.25) is 0 Å². The molecule has 0 spiro atoms. The summed E-state index contributed by atoms with van der Waals surface area (Å²) in [7, 11) is 0. The summed E-state index contributed by atoms with van der Waals surface area (Å²) in [6.45, 7) is 11.2. The van der Waals surface area contributed by atoms with Crippen molar-refractivity contribution >= 4 is 6.03 Å². The van der Waals surface area contributed by atoms with Crippen molar-refractivity contribution in [2.45, 2.75) is 107 Å². The van der Waals surface area contributed by atoms with Crippen molar-refractivity contribution in [3.63, 3.8) is 0 Å². The number of hydrogen-bond acceptors (Lipinski definition) is 6. The first-order valence-electron chi connectivity index (χ1n) is 13.7. The highest BCUT2D eigenvalue weighted by Crippen LogP contribution is 2.71. The molecular formula is C27H49N5O3. The highest BCUT2D eigenvalue weighted by atomic mass is 16.3. The van der Waals surface area contributed by atoms with E-state index in [1.807, 2.05) is 6.08 Å². The third-order valence-electron chi connectivity index (χ3n) is 12.0. The highest BCUT2D eigenvalue weighted by molar-refractivity contribution is 5.71. The molecule has 11 atom stereocenters. The Bertz CT molecular complexity index is 857. The van der Waals surface area contributed by atoms with Crippen LogP contribution < -0.4 is 28.3 Å². The Kier molecular flexibility index (Phi) is 6.67. The molecule has 8 heteroatoms. The minimum atomic E-state index is -1.16. The van der Waals surface area contributed by atoms with E-state index in [9.17, 15) is 15.0 Å². The van der Waals surface area contributed by atoms with Crippen molar-refractivity contribution in [1.82, 2.24) is 5.32 Å². The fraction of sp³-hybridized carbons (Fsp3) is 0.889. The molecule has 0 aromatic carbocycles. The molecule has 4 saturated carbocycles. The Morgan fingerprint density at radius 3 is 2.34 bits per heavy atom. The average molecular weight is 492 g/mol. The molecule has 8 nitrogen and oxygen atoms in total. The van der Waals surface area contributed by atoms with Gasteiger partial charge in [-0.1, -0.05) is 33.3 Å². The van der Waals surface area contributed by atoms with Crippen LogP contribution in [0.5, 0.6) is 0 Å². The van der Waals surface area contributed by atoms with Gasteiger partial charge in [0.2, 0.25) is 0 Å². The van der Waals surface area contributed by atoms with Crippen LogP contribution in [0.4, 0.5) is 4.79 Å². The van der Waals surface area contributed by atoms with Crippen LogP contribution in [0.25, 0.3) is 0 Å². The lowest BCUT2D eigenvalue weighted by Crippen LogP contribution is -2.94. The van der Waals surface area contributed by atoms with Crippen molar-refractivity contribution in [1.29, 1.82) is 0 Å². The number of allylic oxidation sites excluding steroid dienone is 1. The Morgan fingerprint density at radius 2 is 1.74 bits per heavy atom. The third-order valence-corrected chi connectivity index (χ3v) is 12.0. The van der Waals surface area contributed by atoms with Crippen molar-refractivity contribution in [2.75, 3.05) is 6.54 Å². The molecule has 2 unspecified atom stereocenters. The SMILES string of the molecule is C=C[C@H](CCNC(N)=O)[C@H]1CC[C@@]2(N)[C@]3(N)[C@H](O)[C@H](CC)C4C[C@H](O)CCC4(C)[C@@]3(N)CC[C@]12C. The van der Waals surface area contributed by atoms with Crippen LogP contribution in [0.2, 0.25) is 0 Å². The summed E-state index contributed by atoms with van der Waals surface area (Å²) in [5, 5.41) is 25.3. The van der Waals surface area contributed by atoms with Gasteiger partial charge in [0.1, 0.15) is 0 Å². The quantitative estimate of drug-likeness (QED) is 0.278. The van der Waals surface area contributed by atoms with Gasteiger partial charge in [0.15, 0.2) is 0 Å². The second-order valence-corrected chi connectivity index (χ2v) is 12.8. The highest BCUT2D eigenvalue weighted by Gasteiger charge is 2.80. The molecule has 0 bridgehead atoms. The smallest absolute Gasteiger partial charge is 0.312 e. The first-order valence-corrected chi connectivity index (χ1v) is 13.7. The predicted octanol–water partition coefficient (Wildman–Crippen LogP) is 1.72. The molecule has 35 heavy (non-hydrogen) atoms. The summed E-state index contributed by atoms with van der Waals surface area (Å²) < 4.78 is 0. The van der Waals surface area contributed by atoms with Gasteiger partial charge >= 0.3 is 6.03 Å². The Morgan fingerprint density at radius 1 is 1.09 bits per heavy atom. The van der Waals surface area contributed by atoms with Crippen LogP contribution in [0, 0.1) is 34.5 Å². The van der Waals surface area contributed by atoms with Crippen LogP contribution in [0.15, 0.2) is 12.7 Å². The number of aliphatic hydroxyl groups is 2. The summed E-state index contributed by atoms with van der Waals surface area (Å²) in [5.41, 5.74) is 24.3. The molecule has 200 valence electrons. The minimum Gasteiger partial charge on any atom is -0.393 e. The standard InChI is InChI=1S/C27H49N5O3/c1-5-16(9-14-32-22(28)35)19-8-11-25(29)24(19,4)12-13-26(30)23(3)10-7-17(33)15-20(23)18(6-2)21(34)27(25,26)31/h5,16-21,33-34H,1,6-15,29-31H2,2-4H3,(H3,28,32,35)/t16-,17-,18-,19-,20?,21-,23?,24-,25+,26+,27-/m1/s1. The van der Waals surface area contributed by atoms with E-state index < -0.39 is 28.8 Å². The number of primary amides is 1. The number of aliphatic hydroxyl groups excluding tert-OH is 2. The zero-order valence-electron chi connectivity index (χ0n) is 21.9. The summed E-state index contributed by atoms with van der Waals surface area (Å²) in [6, 6.07) is -0.526. The largest absolute Gasteiger partial charge is 0.393 e. The summed E-state index contributed by atoms with van der Waals surface area (Å²) in [4.78, 5) is 11.2. The van der Waals surface area contributed by atoms with Gasteiger partial charge in [-0.2, -0.15) is 0 Å². The van der Waals surface area contributed by atoms with E-state index in [-0.39, 0.29) is 40.6 Å². The van der Waals surface area contributed by atoms with E-state index in [0.717, 1.165) is 32.1 Å². The summed E-state index contributed by atoms with van der Waals surface area (Å²) >= 11 is 0. The molecule has 0 radical (unpaired) electrons. The van der Waals surface area contributed by atoms with Crippen LogP contribution in [-0.4, -0.2) is 51.6 Å². The minimum absolute atomic E-state index is 0.0617. The van der Waals surface area contributed by atoms with E-state index in [1.165, 1.54) is 0 Å². The molecule has 0 aliphatic heterocycles. The second kappa shape index (κ2) is 8.69. The zero-order chi connectivity index (χ0) is 26.0. The van der Waals surface area contributed by atoms with E-state index >= 15 is 0 Å². The van der Waals surface area contributed by atoms with Gasteiger partial charge in [-0.05, 0) is 85.9 Å². The first kappa shape index (κ1) is 26.9. The molecule has 4 rings (SSSR count). The molecule has 0 heterocycles. The summed E-state index contributed by atoms with van der Waals surface area (Å²) in [6.07, 6.45) is 7.50. The normalized spacial score (nSPS) is 52.1. The monoisotopic (exact) mass is 491 g/mol. The molecule has 11 N–H and O–H groups in total. The summed E-state index contributed by atoms with van der Waals surface area (Å²) in [5.74, 6) is 0.407. The number of carbonyl (C=O) groups is 1. The van der Waals surface area contributed by atoms with Gasteiger partial charge in [0, 0.05) is 17.6 Å². The Balaban J connectivity index is 1.76. The maximum Gasteiger partial charge on any atom is 0.312 e. The number of nitrogens with one attached hydrogen (secondary N) is 1. The molecule has 4 aliphatic rings. The van der Waals surface area contributed by atoms with Crippen LogP contribution in [0.3, 0.4) is 0 Å². The van der Waals surface area contributed by atoms with Crippen molar-refractivity contribution in [2.24, 2.45) is 57.4 Å². The Hall–Kier alpha value is -1.19. The zero-order valence-corrected chi connectivity index (χ0v) is 21.9. The van der Waals surface area contributed by atoms with Crippen molar-refractivity contribution in [3.8, 4) is 0 Å². The maximum atomic E-state index is 12.1. The van der Waals surface area contributed by atoms with Crippen molar-refractivity contribution < 1.29 is 15.0 Å². The van der Waals surface area contributed by atoms with Gasteiger partial charge in [-0.15, -0.1) is 6.58 Å². The first-order chi connectivity index (χ1) is 16.3. The van der Waals surface area contributed by atoms with E-state index in [0.29, 0.717) is 32.2 Å². The van der Waals surface area contributed by atoms with Gasteiger partial charge in [-0.25, -0.2) is 4.79 Å². The van der Waals surface area contributed by atoms with Gasteiger partial charge in [0.05, 0.1) is 17.7 Å². The number of rotatable bonds is 6. The second-order valence-electron chi connectivity index (χ2n) is 12.8. The molecule has 4 fully saturated rings. The molecule has 0 saturated heterocycles. The molecular weight excluding hydrogens is 442 g/mol. The molecule has 4 aliphatic carbocycles. The number of urea groups is 1. The molecule has 2 amide bonds. The number of carbonyl (C=O) groups excluding carboxylic acids is 1. The van der Waals surface area contributed by atoms with Crippen molar-refractivity contribution in [3.05, 3.63) is 12.7 Å². The van der Waals surface area contributed by atoms with Gasteiger partial charge < -0.3 is 38.5 Å². The Labute approximate surface area is 210 Å². The maximum absolute atomic E-state index is 12.1. The molecule has 0 aromatic heterocycles. The van der Waals surface area contributed by atoms with E-state index in [1.54, 1.807) is 0 Å². The number of hydrogen-bond donors (Lipinski definition) is 7. The average Bonchev–Trinajstić information content (AvgIpc) is 3.08. The number of fused-ring (bicyclic) bond motifs is 5. The number of nitrogens with two attached hydrogens (primary N) is 4. The molecule has 0 aromatic rings. The predicted molar refractivity (Wildman–Crippen MR) is 138 cm³/mol. The lowest BCUT2D eigenvalue weighted by molar-refractivity contribution is -0.232.